The molecule has 1 atom stereocenters. The van der Waals surface area contributed by atoms with Crippen molar-refractivity contribution in [1.29, 1.82) is 0 Å². The first-order chi connectivity index (χ1) is 14.8. The van der Waals surface area contributed by atoms with E-state index in [4.69, 9.17) is 9.15 Å². The minimum absolute atomic E-state index is 0.000643. The highest BCUT2D eigenvalue weighted by Gasteiger charge is 2.42. The fraction of sp³-hybridized carbons (Fsp3) is 0.182. The van der Waals surface area contributed by atoms with Crippen LogP contribution in [-0.4, -0.2) is 25.9 Å². The van der Waals surface area contributed by atoms with E-state index < -0.39 is 27.5 Å². The Hall–Kier alpha value is -3.43. The Morgan fingerprint density at radius 2 is 1.90 bits per heavy atom. The van der Waals surface area contributed by atoms with Crippen molar-refractivity contribution in [1.82, 2.24) is 4.72 Å². The summed E-state index contributed by atoms with van der Waals surface area (Å²) in [7, 11) is -3.83. The molecule has 160 valence electrons. The highest BCUT2D eigenvalue weighted by atomic mass is 32.2. The molecule has 9 heteroatoms. The van der Waals surface area contributed by atoms with Gasteiger partial charge in [0, 0.05) is 12.1 Å². The number of hydrogen-bond donors (Lipinski definition) is 2. The first-order valence-corrected chi connectivity index (χ1v) is 11.0. The highest BCUT2D eigenvalue weighted by molar-refractivity contribution is 7.89. The summed E-state index contributed by atoms with van der Waals surface area (Å²) in [6.45, 7) is 1.53. The van der Waals surface area contributed by atoms with E-state index in [-0.39, 0.29) is 23.5 Å². The minimum atomic E-state index is -3.83. The van der Waals surface area contributed by atoms with E-state index in [2.05, 4.69) is 10.0 Å². The van der Waals surface area contributed by atoms with Gasteiger partial charge >= 0.3 is 5.97 Å². The van der Waals surface area contributed by atoms with Gasteiger partial charge in [-0.25, -0.2) is 17.9 Å². The Kier molecular flexibility index (Phi) is 5.38. The van der Waals surface area contributed by atoms with Gasteiger partial charge in [-0.3, -0.25) is 4.79 Å². The van der Waals surface area contributed by atoms with Crippen LogP contribution in [0.25, 0.3) is 0 Å². The molecule has 2 N–H and O–H groups in total. The van der Waals surface area contributed by atoms with Crippen LogP contribution in [0.3, 0.4) is 0 Å². The number of carbonyl (C=O) groups is 2. The standard InChI is InChI=1S/C22H20N2O6S/c1-22(13-15-6-2-3-10-19(15)20(25)30-22)21(26)24-16-7-4-9-18(12-16)31(27,28)23-14-17-8-5-11-29-17/h2-12,23H,13-14H2,1H3,(H,24,26). The van der Waals surface area contributed by atoms with E-state index in [0.717, 1.165) is 5.56 Å². The number of carbonyl (C=O) groups excluding carboxylic acids is 2. The van der Waals surface area contributed by atoms with Crippen LogP contribution in [0, 0.1) is 0 Å². The van der Waals surface area contributed by atoms with Gasteiger partial charge in [0.15, 0.2) is 5.60 Å². The molecule has 1 aromatic heterocycles. The van der Waals surface area contributed by atoms with Gasteiger partial charge in [-0.05, 0) is 48.9 Å². The molecular formula is C22H20N2O6S. The van der Waals surface area contributed by atoms with Crippen molar-refractivity contribution in [3.63, 3.8) is 0 Å². The molecule has 0 bridgehead atoms. The molecule has 0 radical (unpaired) electrons. The number of amides is 1. The molecule has 0 spiro atoms. The van der Waals surface area contributed by atoms with Crippen LogP contribution in [0.4, 0.5) is 5.69 Å². The van der Waals surface area contributed by atoms with E-state index >= 15 is 0 Å². The maximum atomic E-state index is 12.9. The van der Waals surface area contributed by atoms with E-state index in [9.17, 15) is 18.0 Å². The van der Waals surface area contributed by atoms with Gasteiger partial charge in [0.25, 0.3) is 5.91 Å². The van der Waals surface area contributed by atoms with Gasteiger partial charge in [-0.2, -0.15) is 0 Å². The molecule has 2 aromatic carbocycles. The van der Waals surface area contributed by atoms with Gasteiger partial charge in [0.05, 0.1) is 23.3 Å². The summed E-state index contributed by atoms with van der Waals surface area (Å²) in [5, 5.41) is 2.66. The molecular weight excluding hydrogens is 420 g/mol. The molecule has 0 saturated carbocycles. The zero-order chi connectivity index (χ0) is 22.1. The van der Waals surface area contributed by atoms with E-state index in [1.807, 2.05) is 0 Å². The number of rotatable bonds is 6. The maximum absolute atomic E-state index is 12.9. The summed E-state index contributed by atoms with van der Waals surface area (Å²) < 4.78 is 38.1. The SMILES string of the molecule is CC1(C(=O)Nc2cccc(S(=O)(=O)NCc3ccco3)c2)Cc2ccccc2C(=O)O1. The number of esters is 1. The first kappa shape index (κ1) is 20.8. The third-order valence-electron chi connectivity index (χ3n) is 4.98. The fourth-order valence-electron chi connectivity index (χ4n) is 3.33. The van der Waals surface area contributed by atoms with Crippen LogP contribution in [-0.2, 0) is 32.5 Å². The van der Waals surface area contributed by atoms with E-state index in [0.29, 0.717) is 11.3 Å². The maximum Gasteiger partial charge on any atom is 0.339 e. The van der Waals surface area contributed by atoms with E-state index in [1.54, 1.807) is 42.5 Å². The number of sulfonamides is 1. The minimum Gasteiger partial charge on any atom is -0.468 e. The summed E-state index contributed by atoms with van der Waals surface area (Å²) in [4.78, 5) is 25.2. The van der Waals surface area contributed by atoms with Crippen molar-refractivity contribution in [2.75, 3.05) is 5.32 Å². The molecule has 31 heavy (non-hydrogen) atoms. The summed E-state index contributed by atoms with van der Waals surface area (Å²) in [5.74, 6) is -0.647. The lowest BCUT2D eigenvalue weighted by molar-refractivity contribution is -0.134. The molecule has 1 aliphatic rings. The van der Waals surface area contributed by atoms with Gasteiger partial charge in [-0.1, -0.05) is 24.3 Å². The van der Waals surface area contributed by atoms with Crippen molar-refractivity contribution in [3.8, 4) is 0 Å². The van der Waals surface area contributed by atoms with Crippen LogP contribution in [0.2, 0.25) is 0 Å². The topological polar surface area (TPSA) is 115 Å². The summed E-state index contributed by atoms with van der Waals surface area (Å²) >= 11 is 0. The number of fused-ring (bicyclic) bond motifs is 1. The Morgan fingerprint density at radius 1 is 1.10 bits per heavy atom. The Balaban J connectivity index is 1.50. The van der Waals surface area contributed by atoms with Crippen molar-refractivity contribution in [2.45, 2.75) is 30.4 Å². The zero-order valence-electron chi connectivity index (χ0n) is 16.6. The number of hydrogen-bond acceptors (Lipinski definition) is 6. The average Bonchev–Trinajstić information content (AvgIpc) is 3.26. The largest absolute Gasteiger partial charge is 0.468 e. The first-order valence-electron chi connectivity index (χ1n) is 9.52. The van der Waals surface area contributed by atoms with Gasteiger partial charge in [-0.15, -0.1) is 0 Å². The monoisotopic (exact) mass is 440 g/mol. The molecule has 4 rings (SSSR count). The van der Waals surface area contributed by atoms with Crippen molar-refractivity contribution in [2.24, 2.45) is 0 Å². The lowest BCUT2D eigenvalue weighted by Crippen LogP contribution is -2.48. The second-order valence-corrected chi connectivity index (χ2v) is 9.11. The van der Waals surface area contributed by atoms with E-state index in [1.165, 1.54) is 31.4 Å². The van der Waals surface area contributed by atoms with Crippen molar-refractivity contribution < 1.29 is 27.2 Å². The van der Waals surface area contributed by atoms with Crippen molar-refractivity contribution in [3.05, 3.63) is 83.8 Å². The fourth-order valence-corrected chi connectivity index (χ4v) is 4.37. The molecule has 0 aliphatic carbocycles. The lowest BCUT2D eigenvalue weighted by Gasteiger charge is -2.33. The number of ether oxygens (including phenoxy) is 1. The predicted molar refractivity (Wildman–Crippen MR) is 112 cm³/mol. The van der Waals surface area contributed by atoms with Crippen LogP contribution in [0.5, 0.6) is 0 Å². The van der Waals surface area contributed by atoms with Crippen LogP contribution < -0.4 is 10.0 Å². The zero-order valence-corrected chi connectivity index (χ0v) is 17.4. The lowest BCUT2D eigenvalue weighted by atomic mass is 9.89. The van der Waals surface area contributed by atoms with Gasteiger partial charge in [0.2, 0.25) is 10.0 Å². The molecule has 2 heterocycles. The van der Waals surface area contributed by atoms with Crippen LogP contribution >= 0.6 is 0 Å². The van der Waals surface area contributed by atoms with Crippen LogP contribution in [0.15, 0.2) is 76.2 Å². The Morgan fingerprint density at radius 3 is 2.68 bits per heavy atom. The number of nitrogens with one attached hydrogen (secondary N) is 2. The summed E-state index contributed by atoms with van der Waals surface area (Å²) in [6, 6.07) is 16.1. The third kappa shape index (κ3) is 4.37. The number of benzene rings is 2. The molecule has 3 aromatic rings. The predicted octanol–water partition coefficient (Wildman–Crippen LogP) is 2.87. The molecule has 1 amide bonds. The number of furan rings is 1. The molecule has 0 saturated heterocycles. The molecule has 0 fully saturated rings. The average molecular weight is 440 g/mol. The molecule has 8 nitrogen and oxygen atoms in total. The van der Waals surface area contributed by atoms with Crippen LogP contribution in [0.1, 0.15) is 28.6 Å². The Labute approximate surface area is 179 Å². The second-order valence-electron chi connectivity index (χ2n) is 7.34. The van der Waals surface area contributed by atoms with Gasteiger partial charge < -0.3 is 14.5 Å². The molecule has 1 unspecified atom stereocenters. The number of anilines is 1. The number of cyclic esters (lactones) is 1. The highest BCUT2D eigenvalue weighted by Crippen LogP contribution is 2.29. The smallest absolute Gasteiger partial charge is 0.339 e. The van der Waals surface area contributed by atoms with Crippen molar-refractivity contribution >= 4 is 27.6 Å². The van der Waals surface area contributed by atoms with Gasteiger partial charge in [0.1, 0.15) is 5.76 Å². The molecule has 1 aliphatic heterocycles. The second kappa shape index (κ2) is 8.01. The summed E-state index contributed by atoms with van der Waals surface area (Å²) in [6.07, 6.45) is 1.67. The summed E-state index contributed by atoms with van der Waals surface area (Å²) in [5.41, 5.74) is -0.00180. The normalized spacial score (nSPS) is 18.2. The third-order valence-corrected chi connectivity index (χ3v) is 6.38. The quantitative estimate of drug-likeness (QED) is 0.570. The Bertz CT molecular complexity index is 1240.